The lowest BCUT2D eigenvalue weighted by atomic mass is 10.4. The van der Waals surface area contributed by atoms with Crippen molar-refractivity contribution in [3.63, 3.8) is 0 Å². The molecule has 1 heterocycles. The van der Waals surface area contributed by atoms with Gasteiger partial charge in [0.05, 0.1) is 0 Å². The van der Waals surface area contributed by atoms with E-state index in [1.165, 1.54) is 23.3 Å². The highest BCUT2D eigenvalue weighted by molar-refractivity contribution is 9.11. The Kier molecular flexibility index (Phi) is 5.45. The molecule has 0 bridgehead atoms. The molecule has 0 aromatic carbocycles. The fraction of sp³-hybridized carbons (Fsp3) is 0.500. The predicted octanol–water partition coefficient (Wildman–Crippen LogP) is 0.686. The maximum absolute atomic E-state index is 10.6. The molecule has 0 aliphatic carbocycles. The molecule has 0 radical (unpaired) electrons. The van der Waals surface area contributed by atoms with Crippen LogP contribution in [0.3, 0.4) is 0 Å². The van der Waals surface area contributed by atoms with Gasteiger partial charge in [0.15, 0.2) is 3.92 Å². The first-order chi connectivity index (χ1) is 8.02. The molecule has 0 fully saturated rings. The second-order valence-corrected chi connectivity index (χ2v) is 5.65. The maximum atomic E-state index is 10.6. The first-order valence-electron chi connectivity index (χ1n) is 4.65. The van der Waals surface area contributed by atoms with Gasteiger partial charge < -0.3 is 4.90 Å². The van der Waals surface area contributed by atoms with Crippen LogP contribution in [-0.2, 0) is 11.3 Å². The van der Waals surface area contributed by atoms with Crippen LogP contribution in [0.5, 0.6) is 0 Å². The summed E-state index contributed by atoms with van der Waals surface area (Å²) < 4.78 is 0.754. The molecule has 1 unspecified atom stereocenters. The van der Waals surface area contributed by atoms with Gasteiger partial charge in [-0.1, -0.05) is 0 Å². The van der Waals surface area contributed by atoms with E-state index >= 15 is 0 Å². The largest absolute Gasteiger partial charge is 0.327 e. The summed E-state index contributed by atoms with van der Waals surface area (Å²) in [6.45, 7) is 0.0924. The number of nitrogens with zero attached hydrogens (tertiary/aromatic N) is 3. The third-order valence-corrected chi connectivity index (χ3v) is 3.49. The molecule has 0 saturated carbocycles. The highest BCUT2D eigenvalue weighted by atomic mass is 79.9. The number of rotatable bonds is 7. The zero-order valence-corrected chi connectivity index (χ0v) is 11.4. The lowest BCUT2D eigenvalue weighted by molar-refractivity contribution is -0.487. The Morgan fingerprint density at radius 3 is 3.00 bits per heavy atom. The molecule has 1 N–H and O–H groups in total. The zero-order chi connectivity index (χ0) is 12.8. The van der Waals surface area contributed by atoms with Crippen molar-refractivity contribution in [3.8, 4) is 0 Å². The van der Waals surface area contributed by atoms with Crippen LogP contribution < -0.4 is 5.32 Å². The van der Waals surface area contributed by atoms with Gasteiger partial charge in [-0.2, -0.15) is 0 Å². The molecule has 0 aliphatic rings. The second-order valence-electron chi connectivity index (χ2n) is 3.26. The summed E-state index contributed by atoms with van der Waals surface area (Å²) in [6.07, 6.45) is 1.61. The fourth-order valence-electron chi connectivity index (χ4n) is 1.14. The van der Waals surface area contributed by atoms with Crippen molar-refractivity contribution in [2.45, 2.75) is 12.7 Å². The summed E-state index contributed by atoms with van der Waals surface area (Å²) in [5.41, 5.74) is 0. The normalized spacial score (nSPS) is 12.1. The molecule has 1 amide bonds. The Hall–Kier alpha value is -1.06. The molecule has 7 nitrogen and oxygen atoms in total. The summed E-state index contributed by atoms with van der Waals surface area (Å²) >= 11 is 4.66. The summed E-state index contributed by atoms with van der Waals surface area (Å²) in [7, 11) is 1.50. The van der Waals surface area contributed by atoms with E-state index in [9.17, 15) is 14.9 Å². The van der Waals surface area contributed by atoms with Gasteiger partial charge in [-0.3, -0.25) is 20.2 Å². The molecule has 1 rings (SSSR count). The van der Waals surface area contributed by atoms with E-state index in [4.69, 9.17) is 0 Å². The first kappa shape index (κ1) is 14.0. The Balaban J connectivity index is 2.54. The molecular formula is C8H11BrN4O3S. The minimum Gasteiger partial charge on any atom is -0.327 e. The monoisotopic (exact) mass is 322 g/mol. The first-order valence-corrected chi connectivity index (χ1v) is 6.26. The van der Waals surface area contributed by atoms with E-state index in [0.29, 0.717) is 13.0 Å². The smallest absolute Gasteiger partial charge is 0.237 e. The number of nitrogens with one attached hydrogen (secondary N) is 1. The van der Waals surface area contributed by atoms with Crippen LogP contribution in [0.4, 0.5) is 0 Å². The molecular weight excluding hydrogens is 312 g/mol. The van der Waals surface area contributed by atoms with E-state index in [1.54, 1.807) is 6.20 Å². The van der Waals surface area contributed by atoms with Gasteiger partial charge in [-0.05, 0) is 15.9 Å². The minimum absolute atomic E-state index is 0.338. The van der Waals surface area contributed by atoms with Gasteiger partial charge in [0.1, 0.15) is 6.17 Å². The number of hydrogen-bond acceptors (Lipinski definition) is 6. The molecule has 0 saturated heterocycles. The summed E-state index contributed by atoms with van der Waals surface area (Å²) in [4.78, 5) is 26.8. The number of carbonyl (C=O) groups is 1. The lowest BCUT2D eigenvalue weighted by Gasteiger charge is -2.21. The SMILES string of the molecule is CN(C=O)C(C[N+](=O)[O-])NCc1cnc(Br)s1. The molecule has 0 aliphatic heterocycles. The number of amides is 1. The highest BCUT2D eigenvalue weighted by Gasteiger charge is 2.18. The Morgan fingerprint density at radius 1 is 1.82 bits per heavy atom. The van der Waals surface area contributed by atoms with Crippen LogP contribution in [0.25, 0.3) is 0 Å². The van der Waals surface area contributed by atoms with Gasteiger partial charge in [0.25, 0.3) is 0 Å². The van der Waals surface area contributed by atoms with Crippen molar-refractivity contribution >= 4 is 33.7 Å². The quantitative estimate of drug-likeness (QED) is 0.345. The third kappa shape index (κ3) is 4.75. The van der Waals surface area contributed by atoms with E-state index in [1.807, 2.05) is 0 Å². The number of thiazole rings is 1. The van der Waals surface area contributed by atoms with E-state index in [2.05, 4.69) is 26.2 Å². The van der Waals surface area contributed by atoms with Crippen LogP contribution in [0.15, 0.2) is 10.1 Å². The van der Waals surface area contributed by atoms with Gasteiger partial charge in [-0.25, -0.2) is 4.98 Å². The third-order valence-electron chi connectivity index (χ3n) is 2.02. The number of hydrogen-bond donors (Lipinski definition) is 1. The topological polar surface area (TPSA) is 88.4 Å². The number of likely N-dealkylation sites (N-methyl/N-ethyl adjacent to an activating group) is 1. The lowest BCUT2D eigenvalue weighted by Crippen LogP contribution is -2.47. The summed E-state index contributed by atoms with van der Waals surface area (Å²) in [5.74, 6) is 0. The number of aromatic nitrogens is 1. The molecule has 1 aromatic rings. The van der Waals surface area contributed by atoms with Gasteiger partial charge in [0, 0.05) is 29.6 Å². The van der Waals surface area contributed by atoms with Crippen LogP contribution in [-0.4, -0.2) is 41.0 Å². The van der Waals surface area contributed by atoms with Crippen LogP contribution in [0.1, 0.15) is 4.88 Å². The Labute approximate surface area is 110 Å². The highest BCUT2D eigenvalue weighted by Crippen LogP contribution is 2.18. The van der Waals surface area contributed by atoms with E-state index < -0.39 is 11.1 Å². The molecule has 17 heavy (non-hydrogen) atoms. The van der Waals surface area contributed by atoms with E-state index in [0.717, 1.165) is 8.79 Å². The minimum atomic E-state index is -0.622. The molecule has 94 valence electrons. The summed E-state index contributed by atoms with van der Waals surface area (Å²) in [5, 5.41) is 13.4. The summed E-state index contributed by atoms with van der Waals surface area (Å²) in [6, 6.07) is 0. The molecule has 1 atom stereocenters. The van der Waals surface area contributed by atoms with Gasteiger partial charge in [0.2, 0.25) is 13.0 Å². The average Bonchev–Trinajstić information content (AvgIpc) is 2.68. The van der Waals surface area contributed by atoms with Gasteiger partial charge in [-0.15, -0.1) is 11.3 Å². The average molecular weight is 323 g/mol. The van der Waals surface area contributed by atoms with Crippen LogP contribution >= 0.6 is 27.3 Å². The number of carbonyl (C=O) groups excluding carboxylic acids is 1. The molecule has 9 heteroatoms. The Bertz CT molecular complexity index is 400. The van der Waals surface area contributed by atoms with Crippen LogP contribution in [0.2, 0.25) is 0 Å². The van der Waals surface area contributed by atoms with Crippen molar-refractivity contribution in [1.29, 1.82) is 0 Å². The van der Waals surface area contributed by atoms with Crippen molar-refractivity contribution in [3.05, 3.63) is 25.1 Å². The standard InChI is InChI=1S/C8H11BrN4O3S/c1-12(5-14)7(4-13(15)16)10-2-6-3-11-8(9)17-6/h3,5,7,10H,2,4H2,1H3. The molecule has 1 aromatic heterocycles. The number of nitro groups is 1. The number of halogens is 1. The van der Waals surface area contributed by atoms with Crippen LogP contribution in [0, 0.1) is 10.1 Å². The van der Waals surface area contributed by atoms with Crippen molar-refractivity contribution < 1.29 is 9.72 Å². The Morgan fingerprint density at radius 2 is 2.53 bits per heavy atom. The second kappa shape index (κ2) is 6.62. The zero-order valence-electron chi connectivity index (χ0n) is 9.00. The van der Waals surface area contributed by atoms with E-state index in [-0.39, 0.29) is 6.54 Å². The van der Waals surface area contributed by atoms with Gasteiger partial charge >= 0.3 is 0 Å². The predicted molar refractivity (Wildman–Crippen MR) is 66.1 cm³/mol. The van der Waals surface area contributed by atoms with Crippen molar-refractivity contribution in [2.75, 3.05) is 13.6 Å². The molecule has 0 spiro atoms. The fourth-order valence-corrected chi connectivity index (χ4v) is 2.44. The maximum Gasteiger partial charge on any atom is 0.237 e. The van der Waals surface area contributed by atoms with Crippen molar-refractivity contribution in [1.82, 2.24) is 15.2 Å². The van der Waals surface area contributed by atoms with Crippen molar-refractivity contribution in [2.24, 2.45) is 0 Å².